The Bertz CT molecular complexity index is 297. The van der Waals surface area contributed by atoms with Gasteiger partial charge in [0.25, 0.3) is 0 Å². The zero-order valence-electron chi connectivity index (χ0n) is 10.3. The fraction of sp³-hybridized carbons (Fsp3) is 0.500. The first-order valence-corrected chi connectivity index (χ1v) is 5.14. The van der Waals surface area contributed by atoms with E-state index in [-0.39, 0.29) is 6.61 Å². The summed E-state index contributed by atoms with van der Waals surface area (Å²) < 4.78 is 26.0. The van der Waals surface area contributed by atoms with Gasteiger partial charge in [-0.05, 0) is 18.2 Å². The Morgan fingerprint density at radius 1 is 1.06 bits per heavy atom. The molecular formula is C12H17O5. The van der Waals surface area contributed by atoms with Gasteiger partial charge < -0.3 is 9.47 Å². The molecule has 0 unspecified atom stereocenters. The SMILES string of the molecule is COCCOC(OC)(OC)Oc1cc[c]cc1. The van der Waals surface area contributed by atoms with Gasteiger partial charge in [0, 0.05) is 21.3 Å². The number of benzene rings is 1. The van der Waals surface area contributed by atoms with Crippen molar-refractivity contribution in [2.24, 2.45) is 0 Å². The van der Waals surface area contributed by atoms with E-state index in [0.29, 0.717) is 12.4 Å². The second-order valence-electron chi connectivity index (χ2n) is 3.09. The molecule has 1 aromatic rings. The zero-order chi connectivity index (χ0) is 12.6. The summed E-state index contributed by atoms with van der Waals surface area (Å²) in [5.74, 6) is 0.560. The molecule has 0 aliphatic heterocycles. The third kappa shape index (κ3) is 4.32. The van der Waals surface area contributed by atoms with Crippen molar-refractivity contribution in [1.29, 1.82) is 0 Å². The van der Waals surface area contributed by atoms with Gasteiger partial charge in [0.15, 0.2) is 0 Å². The van der Waals surface area contributed by atoms with Crippen molar-refractivity contribution in [1.82, 2.24) is 0 Å². The van der Waals surface area contributed by atoms with Gasteiger partial charge in [0.05, 0.1) is 13.2 Å². The first-order chi connectivity index (χ1) is 8.26. The molecular weight excluding hydrogens is 224 g/mol. The lowest BCUT2D eigenvalue weighted by Gasteiger charge is -2.29. The van der Waals surface area contributed by atoms with Crippen molar-refractivity contribution < 1.29 is 23.7 Å². The minimum atomic E-state index is -1.56. The zero-order valence-corrected chi connectivity index (χ0v) is 10.3. The van der Waals surface area contributed by atoms with Gasteiger partial charge in [-0.25, -0.2) is 0 Å². The minimum Gasteiger partial charge on any atom is -0.416 e. The van der Waals surface area contributed by atoms with Gasteiger partial charge in [0.1, 0.15) is 5.75 Å². The van der Waals surface area contributed by atoms with Crippen molar-refractivity contribution in [2.45, 2.75) is 6.16 Å². The van der Waals surface area contributed by atoms with Crippen molar-refractivity contribution in [2.75, 3.05) is 34.5 Å². The van der Waals surface area contributed by atoms with E-state index < -0.39 is 6.16 Å². The Morgan fingerprint density at radius 3 is 2.24 bits per heavy atom. The molecule has 17 heavy (non-hydrogen) atoms. The normalized spacial score (nSPS) is 11.5. The van der Waals surface area contributed by atoms with Crippen molar-refractivity contribution in [3.05, 3.63) is 30.3 Å². The Labute approximate surface area is 101 Å². The van der Waals surface area contributed by atoms with Crippen LogP contribution in [0.25, 0.3) is 0 Å². The van der Waals surface area contributed by atoms with Gasteiger partial charge in [-0.1, -0.05) is 12.1 Å². The summed E-state index contributed by atoms with van der Waals surface area (Å²) in [6.45, 7) is 0.706. The lowest BCUT2D eigenvalue weighted by molar-refractivity contribution is -0.456. The molecule has 0 saturated heterocycles. The minimum absolute atomic E-state index is 0.289. The van der Waals surface area contributed by atoms with Crippen LogP contribution in [-0.2, 0) is 18.9 Å². The smallest absolute Gasteiger partial charge is 0.416 e. The average Bonchev–Trinajstić information content (AvgIpc) is 2.39. The predicted octanol–water partition coefficient (Wildman–Crippen LogP) is 1.43. The maximum Gasteiger partial charge on any atom is 0.460 e. The summed E-state index contributed by atoms with van der Waals surface area (Å²) in [5, 5.41) is 0. The van der Waals surface area contributed by atoms with Crippen LogP contribution >= 0.6 is 0 Å². The van der Waals surface area contributed by atoms with E-state index in [1.54, 1.807) is 31.4 Å². The highest BCUT2D eigenvalue weighted by molar-refractivity contribution is 5.20. The summed E-state index contributed by atoms with van der Waals surface area (Å²) in [5.41, 5.74) is 0. The molecule has 5 heteroatoms. The highest BCUT2D eigenvalue weighted by atomic mass is 17.0. The number of methoxy groups -OCH3 is 3. The maximum atomic E-state index is 5.50. The maximum absolute atomic E-state index is 5.50. The van der Waals surface area contributed by atoms with Crippen LogP contribution in [0.5, 0.6) is 5.75 Å². The second kappa shape index (κ2) is 7.24. The monoisotopic (exact) mass is 241 g/mol. The number of ether oxygens (including phenoxy) is 5. The Balaban J connectivity index is 2.63. The highest BCUT2D eigenvalue weighted by Gasteiger charge is 2.34. The number of rotatable bonds is 8. The molecule has 1 aromatic carbocycles. The lowest BCUT2D eigenvalue weighted by Crippen LogP contribution is -2.44. The molecule has 0 N–H and O–H groups in total. The van der Waals surface area contributed by atoms with Gasteiger partial charge in [-0.2, -0.15) is 0 Å². The van der Waals surface area contributed by atoms with Crippen molar-refractivity contribution in [3.8, 4) is 5.75 Å². The van der Waals surface area contributed by atoms with Gasteiger partial charge in [-0.3, -0.25) is 14.2 Å². The molecule has 0 aliphatic rings. The van der Waals surface area contributed by atoms with Gasteiger partial charge in [-0.15, -0.1) is 0 Å². The molecule has 1 radical (unpaired) electrons. The Morgan fingerprint density at radius 2 is 1.71 bits per heavy atom. The molecule has 0 amide bonds. The largest absolute Gasteiger partial charge is 0.460 e. The Hall–Kier alpha value is -1.14. The summed E-state index contributed by atoms with van der Waals surface area (Å²) in [4.78, 5) is 0. The first kappa shape index (κ1) is 13.9. The summed E-state index contributed by atoms with van der Waals surface area (Å²) in [7, 11) is 4.45. The van der Waals surface area contributed by atoms with Crippen LogP contribution in [0.15, 0.2) is 24.3 Å². The van der Waals surface area contributed by atoms with E-state index >= 15 is 0 Å². The lowest BCUT2D eigenvalue weighted by atomic mass is 10.3. The van der Waals surface area contributed by atoms with Gasteiger partial charge in [0.2, 0.25) is 0 Å². The standard InChI is InChI=1S/C12H17O5/c1-13-9-10-16-12(14-2,15-3)17-11-7-5-4-6-8-11/h5-8H,9-10H2,1-3H3. The highest BCUT2D eigenvalue weighted by Crippen LogP contribution is 2.20. The van der Waals surface area contributed by atoms with Crippen LogP contribution in [-0.4, -0.2) is 40.7 Å². The van der Waals surface area contributed by atoms with Crippen LogP contribution in [0, 0.1) is 6.07 Å². The van der Waals surface area contributed by atoms with Crippen LogP contribution < -0.4 is 4.74 Å². The number of hydrogen-bond acceptors (Lipinski definition) is 5. The molecule has 0 spiro atoms. The van der Waals surface area contributed by atoms with Crippen LogP contribution in [0.3, 0.4) is 0 Å². The third-order valence-electron chi connectivity index (χ3n) is 2.00. The summed E-state index contributed by atoms with van der Waals surface area (Å²) in [6, 6.07) is 9.79. The van der Waals surface area contributed by atoms with Crippen molar-refractivity contribution >= 4 is 0 Å². The van der Waals surface area contributed by atoms with Crippen LogP contribution in [0.1, 0.15) is 0 Å². The molecule has 95 valence electrons. The topological polar surface area (TPSA) is 46.2 Å². The molecule has 0 aliphatic carbocycles. The van der Waals surface area contributed by atoms with E-state index in [1.807, 2.05) is 0 Å². The van der Waals surface area contributed by atoms with E-state index in [9.17, 15) is 0 Å². The summed E-state index contributed by atoms with van der Waals surface area (Å²) >= 11 is 0. The average molecular weight is 241 g/mol. The second-order valence-corrected chi connectivity index (χ2v) is 3.09. The van der Waals surface area contributed by atoms with E-state index in [2.05, 4.69) is 6.07 Å². The molecule has 0 saturated carbocycles. The molecule has 1 rings (SSSR count). The molecule has 0 heterocycles. The molecule has 5 nitrogen and oxygen atoms in total. The summed E-state index contributed by atoms with van der Waals surface area (Å²) in [6.07, 6.45) is -1.56. The molecule has 0 atom stereocenters. The Kier molecular flexibility index (Phi) is 5.93. The van der Waals surface area contributed by atoms with Gasteiger partial charge >= 0.3 is 6.16 Å². The third-order valence-corrected chi connectivity index (χ3v) is 2.00. The van der Waals surface area contributed by atoms with Crippen LogP contribution in [0.2, 0.25) is 0 Å². The predicted molar refractivity (Wildman–Crippen MR) is 60.5 cm³/mol. The van der Waals surface area contributed by atoms with Crippen LogP contribution in [0.4, 0.5) is 0 Å². The fourth-order valence-electron chi connectivity index (χ4n) is 1.15. The first-order valence-electron chi connectivity index (χ1n) is 5.14. The van der Waals surface area contributed by atoms with E-state index in [0.717, 1.165) is 0 Å². The molecule has 0 bridgehead atoms. The van der Waals surface area contributed by atoms with Crippen molar-refractivity contribution in [3.63, 3.8) is 0 Å². The quantitative estimate of drug-likeness (QED) is 0.509. The molecule has 0 fully saturated rings. The molecule has 0 aromatic heterocycles. The number of hydrogen-bond donors (Lipinski definition) is 0. The fourth-order valence-corrected chi connectivity index (χ4v) is 1.15. The van der Waals surface area contributed by atoms with E-state index in [4.69, 9.17) is 23.7 Å². The van der Waals surface area contributed by atoms with E-state index in [1.165, 1.54) is 14.2 Å².